The molecule has 106 valence electrons. The predicted molar refractivity (Wildman–Crippen MR) is 73.0 cm³/mol. The highest BCUT2D eigenvalue weighted by molar-refractivity contribution is 7.95. The van der Waals surface area contributed by atoms with Gasteiger partial charge in [0, 0.05) is 12.2 Å². The first kappa shape index (κ1) is 12.3. The predicted octanol–water partition coefficient (Wildman–Crippen LogP) is 0.570. The molecule has 0 aromatic heterocycles. The zero-order chi connectivity index (χ0) is 14.1. The molecule has 3 saturated heterocycles. The summed E-state index contributed by atoms with van der Waals surface area (Å²) in [6, 6.07) is 7.26. The highest BCUT2D eigenvalue weighted by Gasteiger charge is 2.57. The molecule has 1 aromatic rings. The van der Waals surface area contributed by atoms with E-state index in [0.717, 1.165) is 18.4 Å². The zero-order valence-electron chi connectivity index (χ0n) is 10.8. The minimum atomic E-state index is -3.22. The quantitative estimate of drug-likeness (QED) is 0.865. The van der Waals surface area contributed by atoms with Crippen LogP contribution in [0.1, 0.15) is 24.8 Å². The van der Waals surface area contributed by atoms with Crippen LogP contribution in [-0.2, 0) is 20.2 Å². The first-order valence-corrected chi connectivity index (χ1v) is 8.40. The molecule has 5 rings (SSSR count). The molecule has 1 aromatic carbocycles. The van der Waals surface area contributed by atoms with Gasteiger partial charge in [-0.1, -0.05) is 12.1 Å². The normalized spacial score (nSPS) is 32.6. The number of carbonyl (C=O) groups is 1. The van der Waals surface area contributed by atoms with E-state index in [1.165, 1.54) is 0 Å². The van der Waals surface area contributed by atoms with E-state index >= 15 is 0 Å². The van der Waals surface area contributed by atoms with E-state index in [1.807, 2.05) is 18.2 Å². The smallest absolute Gasteiger partial charge is 0.245 e. The lowest BCUT2D eigenvalue weighted by Crippen LogP contribution is -2.65. The van der Waals surface area contributed by atoms with E-state index in [4.69, 9.17) is 0 Å². The van der Waals surface area contributed by atoms with Crippen LogP contribution in [0.2, 0.25) is 0 Å². The Balaban J connectivity index is 1.68. The molecule has 1 aliphatic carbocycles. The third kappa shape index (κ3) is 1.52. The third-order valence-corrected chi connectivity index (χ3v) is 7.14. The average Bonchev–Trinajstić information content (AvgIpc) is 3.18. The summed E-state index contributed by atoms with van der Waals surface area (Å²) in [5.74, 6) is -0.326. The molecular formula is C14H15NO4S. The number of nitrogens with zero attached hydrogens (tertiary/aromatic N) is 1. The summed E-state index contributed by atoms with van der Waals surface area (Å²) in [5.41, 5.74) is 0.756. The molecule has 4 aliphatic rings. The lowest BCUT2D eigenvalue weighted by molar-refractivity contribution is -0.119. The molecule has 3 aliphatic heterocycles. The number of carbonyl (C=O) groups excluding carboxylic acids is 1. The van der Waals surface area contributed by atoms with Crippen molar-refractivity contribution in [2.75, 3.05) is 11.4 Å². The maximum Gasteiger partial charge on any atom is 0.245 e. The zero-order valence-corrected chi connectivity index (χ0v) is 11.6. The van der Waals surface area contributed by atoms with Gasteiger partial charge in [0.1, 0.15) is 5.25 Å². The van der Waals surface area contributed by atoms with Gasteiger partial charge in [0.05, 0.1) is 10.9 Å². The molecule has 6 heteroatoms. The van der Waals surface area contributed by atoms with Crippen LogP contribution in [-0.4, -0.2) is 36.5 Å². The fraction of sp³-hybridized carbons (Fsp3) is 0.500. The van der Waals surface area contributed by atoms with E-state index < -0.39 is 25.9 Å². The molecule has 0 spiro atoms. The lowest BCUT2D eigenvalue weighted by atomic mass is 10.0. The molecule has 2 unspecified atom stereocenters. The minimum absolute atomic E-state index is 0.236. The number of aliphatic hydroxyl groups is 1. The number of anilines is 1. The number of sulfone groups is 1. The van der Waals surface area contributed by atoms with Crippen molar-refractivity contribution >= 4 is 21.4 Å². The number of benzene rings is 1. The van der Waals surface area contributed by atoms with Crippen molar-refractivity contribution in [2.24, 2.45) is 0 Å². The van der Waals surface area contributed by atoms with E-state index in [1.54, 1.807) is 11.0 Å². The summed E-state index contributed by atoms with van der Waals surface area (Å²) < 4.78 is 23.5. The molecule has 5 nitrogen and oxygen atoms in total. The van der Waals surface area contributed by atoms with E-state index in [2.05, 4.69) is 0 Å². The molecule has 1 saturated carbocycles. The molecule has 2 atom stereocenters. The van der Waals surface area contributed by atoms with Crippen molar-refractivity contribution in [3.05, 3.63) is 29.8 Å². The van der Waals surface area contributed by atoms with E-state index in [9.17, 15) is 18.3 Å². The SMILES string of the molecule is O=C1C2CC(CN1c1cccc(C3(O)CC3)c1)S2(=O)=O. The van der Waals surface area contributed by atoms with Crippen molar-refractivity contribution < 1.29 is 18.3 Å². The highest BCUT2D eigenvalue weighted by Crippen LogP contribution is 2.46. The van der Waals surface area contributed by atoms with Gasteiger partial charge < -0.3 is 10.0 Å². The van der Waals surface area contributed by atoms with Crippen molar-refractivity contribution in [3.63, 3.8) is 0 Å². The average molecular weight is 293 g/mol. The highest BCUT2D eigenvalue weighted by atomic mass is 32.2. The summed E-state index contributed by atoms with van der Waals surface area (Å²) in [7, 11) is -3.22. The van der Waals surface area contributed by atoms with Crippen LogP contribution in [0, 0.1) is 0 Å². The van der Waals surface area contributed by atoms with Gasteiger partial charge in [-0.2, -0.15) is 0 Å². The van der Waals surface area contributed by atoms with Crippen LogP contribution in [0.4, 0.5) is 5.69 Å². The maximum absolute atomic E-state index is 12.2. The molecule has 4 fully saturated rings. The van der Waals surface area contributed by atoms with Crippen LogP contribution < -0.4 is 4.90 Å². The number of fused-ring (bicyclic) bond motifs is 2. The Labute approximate surface area is 117 Å². The van der Waals surface area contributed by atoms with Gasteiger partial charge in [-0.15, -0.1) is 0 Å². The van der Waals surface area contributed by atoms with Gasteiger partial charge in [-0.05, 0) is 37.0 Å². The summed E-state index contributed by atoms with van der Waals surface area (Å²) >= 11 is 0. The largest absolute Gasteiger partial charge is 0.385 e. The minimum Gasteiger partial charge on any atom is -0.385 e. The number of hydrogen-bond donors (Lipinski definition) is 1. The van der Waals surface area contributed by atoms with Crippen LogP contribution in [0.5, 0.6) is 0 Å². The first-order valence-electron chi connectivity index (χ1n) is 6.79. The van der Waals surface area contributed by atoms with Gasteiger partial charge in [-0.3, -0.25) is 4.79 Å². The van der Waals surface area contributed by atoms with Gasteiger partial charge in [0.2, 0.25) is 5.91 Å². The molecule has 2 bridgehead atoms. The van der Waals surface area contributed by atoms with Gasteiger partial charge in [-0.25, -0.2) is 8.42 Å². The molecule has 0 radical (unpaired) electrons. The topological polar surface area (TPSA) is 74.7 Å². The Kier molecular flexibility index (Phi) is 2.24. The van der Waals surface area contributed by atoms with E-state index in [0.29, 0.717) is 12.1 Å². The number of piperidine rings is 1. The van der Waals surface area contributed by atoms with Crippen LogP contribution in [0.15, 0.2) is 24.3 Å². The Morgan fingerprint density at radius 2 is 2.05 bits per heavy atom. The molecular weight excluding hydrogens is 278 g/mol. The number of hydrogen-bond acceptors (Lipinski definition) is 4. The van der Waals surface area contributed by atoms with Gasteiger partial charge in [0.15, 0.2) is 9.84 Å². The van der Waals surface area contributed by atoms with Crippen molar-refractivity contribution in [3.8, 4) is 0 Å². The summed E-state index contributed by atoms with van der Waals surface area (Å²) in [4.78, 5) is 13.8. The van der Waals surface area contributed by atoms with Crippen molar-refractivity contribution in [1.29, 1.82) is 0 Å². The Morgan fingerprint density at radius 3 is 2.65 bits per heavy atom. The number of rotatable bonds is 2. The first-order chi connectivity index (χ1) is 9.42. The Hall–Kier alpha value is -1.40. The summed E-state index contributed by atoms with van der Waals surface area (Å²) in [6.07, 6.45) is 1.94. The fourth-order valence-electron chi connectivity index (χ4n) is 3.11. The Bertz CT molecular complexity index is 708. The van der Waals surface area contributed by atoms with E-state index in [-0.39, 0.29) is 12.5 Å². The van der Waals surface area contributed by atoms with Crippen molar-refractivity contribution in [1.82, 2.24) is 0 Å². The lowest BCUT2D eigenvalue weighted by Gasteiger charge is -2.45. The molecule has 1 amide bonds. The summed E-state index contributed by atoms with van der Waals surface area (Å²) in [6.45, 7) is 0.236. The van der Waals surface area contributed by atoms with Gasteiger partial charge in [0.25, 0.3) is 0 Å². The second-order valence-electron chi connectivity index (χ2n) is 5.97. The summed E-state index contributed by atoms with van der Waals surface area (Å²) in [5, 5.41) is 8.86. The fourth-order valence-corrected chi connectivity index (χ4v) is 4.94. The maximum atomic E-state index is 12.2. The molecule has 20 heavy (non-hydrogen) atoms. The van der Waals surface area contributed by atoms with Crippen molar-refractivity contribution in [2.45, 2.75) is 35.4 Å². The molecule has 3 heterocycles. The standard InChI is InChI=1S/C14H15NO4S/c16-13-12-7-11(20(12,18)19)8-15(13)10-3-1-2-9(6-10)14(17)4-5-14/h1-3,6,11-12,17H,4-5,7-8H2. The third-order valence-electron chi connectivity index (χ3n) is 4.68. The monoisotopic (exact) mass is 293 g/mol. The number of amides is 1. The van der Waals surface area contributed by atoms with Crippen LogP contribution >= 0.6 is 0 Å². The van der Waals surface area contributed by atoms with Crippen LogP contribution in [0.3, 0.4) is 0 Å². The Morgan fingerprint density at radius 1 is 1.30 bits per heavy atom. The molecule has 1 N–H and O–H groups in total. The van der Waals surface area contributed by atoms with Gasteiger partial charge >= 0.3 is 0 Å². The van der Waals surface area contributed by atoms with Crippen LogP contribution in [0.25, 0.3) is 0 Å². The second kappa shape index (κ2) is 3.62. The second-order valence-corrected chi connectivity index (χ2v) is 8.38.